The first-order valence-corrected chi connectivity index (χ1v) is 4.79. The van der Waals surface area contributed by atoms with Gasteiger partial charge in [0.1, 0.15) is 6.10 Å². The van der Waals surface area contributed by atoms with E-state index in [0.717, 1.165) is 19.4 Å². The maximum Gasteiger partial charge on any atom is 0.183 e. The van der Waals surface area contributed by atoms with Gasteiger partial charge in [0.2, 0.25) is 0 Å². The van der Waals surface area contributed by atoms with Crippen molar-refractivity contribution >= 4 is 0 Å². The summed E-state index contributed by atoms with van der Waals surface area (Å²) in [4.78, 5) is 0. The van der Waals surface area contributed by atoms with Gasteiger partial charge in [-0.1, -0.05) is 0 Å². The van der Waals surface area contributed by atoms with Crippen LogP contribution in [0.2, 0.25) is 0 Å². The van der Waals surface area contributed by atoms with Crippen molar-refractivity contribution in [1.29, 1.82) is 0 Å². The lowest BCUT2D eigenvalue weighted by molar-refractivity contribution is -0.272. The maximum atomic E-state index is 9.58. The molecule has 4 heteroatoms. The zero-order chi connectivity index (χ0) is 9.26. The minimum Gasteiger partial charge on any atom is -0.388 e. The normalized spacial score (nSPS) is 45.7. The predicted molar refractivity (Wildman–Crippen MR) is 45.3 cm³/mol. The second kappa shape index (κ2) is 3.92. The first kappa shape index (κ1) is 9.40. The van der Waals surface area contributed by atoms with Gasteiger partial charge in [-0.2, -0.15) is 0 Å². The third kappa shape index (κ3) is 1.86. The molecule has 2 saturated heterocycles. The van der Waals surface area contributed by atoms with Gasteiger partial charge in [0.25, 0.3) is 0 Å². The predicted octanol–water partition coefficient (Wildman–Crippen LogP) is 0.288. The van der Waals surface area contributed by atoms with Crippen molar-refractivity contribution in [2.75, 3.05) is 13.7 Å². The Balaban J connectivity index is 1.97. The molecule has 2 rings (SSSR count). The van der Waals surface area contributed by atoms with E-state index in [2.05, 4.69) is 0 Å². The molecule has 0 aromatic carbocycles. The van der Waals surface area contributed by atoms with Crippen LogP contribution in [0.25, 0.3) is 0 Å². The Morgan fingerprint density at radius 1 is 1.38 bits per heavy atom. The summed E-state index contributed by atoms with van der Waals surface area (Å²) in [5.74, 6) is 0. The van der Waals surface area contributed by atoms with Gasteiger partial charge in [-0.05, 0) is 12.8 Å². The Bertz CT molecular complexity index is 173. The molecule has 2 heterocycles. The summed E-state index contributed by atoms with van der Waals surface area (Å²) in [6, 6.07) is 0. The molecule has 0 radical (unpaired) electrons. The highest BCUT2D eigenvalue weighted by atomic mass is 16.7. The molecule has 0 amide bonds. The van der Waals surface area contributed by atoms with E-state index in [-0.39, 0.29) is 12.2 Å². The van der Waals surface area contributed by atoms with Crippen LogP contribution in [-0.4, -0.2) is 43.4 Å². The van der Waals surface area contributed by atoms with Crippen LogP contribution < -0.4 is 0 Å². The fourth-order valence-electron chi connectivity index (χ4n) is 2.01. The fourth-order valence-corrected chi connectivity index (χ4v) is 2.01. The van der Waals surface area contributed by atoms with Crippen LogP contribution in [0.3, 0.4) is 0 Å². The Kier molecular flexibility index (Phi) is 2.83. The summed E-state index contributed by atoms with van der Waals surface area (Å²) in [5, 5.41) is 9.58. The second-order valence-electron chi connectivity index (χ2n) is 3.63. The van der Waals surface area contributed by atoms with Gasteiger partial charge < -0.3 is 19.3 Å². The van der Waals surface area contributed by atoms with Crippen LogP contribution in [0.15, 0.2) is 0 Å². The summed E-state index contributed by atoms with van der Waals surface area (Å²) in [5.41, 5.74) is 0. The number of hydrogen-bond donors (Lipinski definition) is 1. The third-order valence-electron chi connectivity index (χ3n) is 2.71. The van der Waals surface area contributed by atoms with Gasteiger partial charge in [-0.25, -0.2) is 0 Å². The van der Waals surface area contributed by atoms with Gasteiger partial charge in [-0.3, -0.25) is 0 Å². The molecule has 2 aliphatic rings. The molecule has 0 aliphatic carbocycles. The molecule has 0 aromatic rings. The molecule has 1 N–H and O–H groups in total. The molecule has 4 atom stereocenters. The highest BCUT2D eigenvalue weighted by Gasteiger charge is 2.39. The molecule has 13 heavy (non-hydrogen) atoms. The van der Waals surface area contributed by atoms with Gasteiger partial charge >= 0.3 is 0 Å². The Hall–Kier alpha value is -0.160. The smallest absolute Gasteiger partial charge is 0.183 e. The highest BCUT2D eigenvalue weighted by molar-refractivity contribution is 4.84. The molecule has 76 valence electrons. The summed E-state index contributed by atoms with van der Waals surface area (Å²) in [7, 11) is 1.55. The van der Waals surface area contributed by atoms with Gasteiger partial charge in [0, 0.05) is 20.1 Å². The minimum atomic E-state index is -0.552. The fraction of sp³-hybridized carbons (Fsp3) is 1.00. The van der Waals surface area contributed by atoms with Crippen molar-refractivity contribution < 1.29 is 19.3 Å². The molecule has 0 bridgehead atoms. The molecular weight excluding hydrogens is 172 g/mol. The molecule has 1 unspecified atom stereocenters. The van der Waals surface area contributed by atoms with Crippen molar-refractivity contribution in [1.82, 2.24) is 0 Å². The lowest BCUT2D eigenvalue weighted by Gasteiger charge is -2.40. The number of aliphatic hydroxyl groups excluding tert-OH is 1. The number of aliphatic hydroxyl groups is 1. The second-order valence-corrected chi connectivity index (χ2v) is 3.63. The molecule has 0 saturated carbocycles. The largest absolute Gasteiger partial charge is 0.388 e. The molecule has 4 nitrogen and oxygen atoms in total. The standard InChI is InChI=1S/C9H16O4/c1-11-9-6(10)5-8-7(13-9)3-2-4-12-8/h6-10H,2-5H2,1H3/t6-,7-,8-,9?/m1/s1. The molecule has 2 fully saturated rings. The van der Waals surface area contributed by atoms with Crippen LogP contribution in [0.4, 0.5) is 0 Å². The van der Waals surface area contributed by atoms with E-state index >= 15 is 0 Å². The van der Waals surface area contributed by atoms with Crippen LogP contribution in [-0.2, 0) is 14.2 Å². The van der Waals surface area contributed by atoms with E-state index in [1.807, 2.05) is 0 Å². The van der Waals surface area contributed by atoms with E-state index < -0.39 is 12.4 Å². The van der Waals surface area contributed by atoms with Crippen LogP contribution >= 0.6 is 0 Å². The minimum absolute atomic E-state index is 0.0650. The van der Waals surface area contributed by atoms with E-state index in [1.165, 1.54) is 0 Å². The number of rotatable bonds is 1. The molecule has 0 spiro atoms. The van der Waals surface area contributed by atoms with E-state index in [9.17, 15) is 5.11 Å². The van der Waals surface area contributed by atoms with E-state index in [4.69, 9.17) is 14.2 Å². The third-order valence-corrected chi connectivity index (χ3v) is 2.71. The topological polar surface area (TPSA) is 47.9 Å². The van der Waals surface area contributed by atoms with Crippen LogP contribution in [0.1, 0.15) is 19.3 Å². The molecule has 2 aliphatic heterocycles. The number of methoxy groups -OCH3 is 1. The average Bonchev–Trinajstić information content (AvgIpc) is 2.17. The van der Waals surface area contributed by atoms with E-state index in [0.29, 0.717) is 6.42 Å². The summed E-state index contributed by atoms with van der Waals surface area (Å²) >= 11 is 0. The molecular formula is C9H16O4. The van der Waals surface area contributed by atoms with Crippen molar-refractivity contribution in [3.05, 3.63) is 0 Å². The van der Waals surface area contributed by atoms with Gasteiger partial charge in [-0.15, -0.1) is 0 Å². The maximum absolute atomic E-state index is 9.58. The number of fused-ring (bicyclic) bond motifs is 1. The van der Waals surface area contributed by atoms with Gasteiger partial charge in [0.05, 0.1) is 12.2 Å². The molecule has 0 aromatic heterocycles. The first-order chi connectivity index (χ1) is 6.31. The van der Waals surface area contributed by atoms with Crippen molar-refractivity contribution in [3.63, 3.8) is 0 Å². The zero-order valence-corrected chi connectivity index (χ0v) is 7.81. The van der Waals surface area contributed by atoms with Crippen molar-refractivity contribution in [2.24, 2.45) is 0 Å². The quantitative estimate of drug-likeness (QED) is 0.642. The summed E-state index contributed by atoms with van der Waals surface area (Å²) in [6.07, 6.45) is 1.83. The van der Waals surface area contributed by atoms with E-state index in [1.54, 1.807) is 7.11 Å². The van der Waals surface area contributed by atoms with Gasteiger partial charge in [0.15, 0.2) is 6.29 Å². The first-order valence-electron chi connectivity index (χ1n) is 4.79. The average molecular weight is 188 g/mol. The Morgan fingerprint density at radius 3 is 3.00 bits per heavy atom. The lowest BCUT2D eigenvalue weighted by atomic mass is 9.97. The Morgan fingerprint density at radius 2 is 2.23 bits per heavy atom. The Labute approximate surface area is 77.8 Å². The van der Waals surface area contributed by atoms with Crippen LogP contribution in [0, 0.1) is 0 Å². The summed E-state index contributed by atoms with van der Waals surface area (Å²) < 4.78 is 16.1. The monoisotopic (exact) mass is 188 g/mol. The summed E-state index contributed by atoms with van der Waals surface area (Å²) in [6.45, 7) is 0.787. The number of hydrogen-bond acceptors (Lipinski definition) is 4. The SMILES string of the molecule is COC1O[C@@H]2CCCO[C@@H]2C[C@H]1O. The zero-order valence-electron chi connectivity index (χ0n) is 7.81. The van der Waals surface area contributed by atoms with Crippen molar-refractivity contribution in [2.45, 2.75) is 43.9 Å². The number of ether oxygens (including phenoxy) is 3. The highest BCUT2D eigenvalue weighted by Crippen LogP contribution is 2.28. The lowest BCUT2D eigenvalue weighted by Crippen LogP contribution is -2.50. The van der Waals surface area contributed by atoms with Crippen molar-refractivity contribution in [3.8, 4) is 0 Å². The van der Waals surface area contributed by atoms with Crippen LogP contribution in [0.5, 0.6) is 0 Å².